The van der Waals surface area contributed by atoms with Crippen LogP contribution in [0, 0.1) is 0 Å². The van der Waals surface area contributed by atoms with Crippen molar-refractivity contribution < 1.29 is 9.47 Å². The van der Waals surface area contributed by atoms with E-state index in [1.54, 1.807) is 19.2 Å². The van der Waals surface area contributed by atoms with Crippen LogP contribution in [-0.4, -0.2) is 13.7 Å². The zero-order chi connectivity index (χ0) is 17.5. The molecule has 0 atom stereocenters. The van der Waals surface area contributed by atoms with Gasteiger partial charge in [0.25, 0.3) is 0 Å². The molecule has 0 bridgehead atoms. The third-order valence-electron chi connectivity index (χ3n) is 3.34. The van der Waals surface area contributed by atoms with E-state index < -0.39 is 0 Å². The maximum atomic E-state index is 6.18. The summed E-state index contributed by atoms with van der Waals surface area (Å²) in [5.41, 5.74) is 1.93. The number of ether oxygens (including phenoxy) is 2. The van der Waals surface area contributed by atoms with Crippen molar-refractivity contribution in [1.82, 2.24) is 5.32 Å². The van der Waals surface area contributed by atoms with Gasteiger partial charge < -0.3 is 14.8 Å². The molecule has 0 heterocycles. The first-order valence-corrected chi connectivity index (χ1v) is 8.84. The minimum absolute atomic E-state index is 0.326. The van der Waals surface area contributed by atoms with E-state index in [9.17, 15) is 0 Å². The van der Waals surface area contributed by atoms with Gasteiger partial charge in [0.2, 0.25) is 0 Å². The van der Waals surface area contributed by atoms with Crippen molar-refractivity contribution in [3.05, 3.63) is 68.6 Å². The third kappa shape index (κ3) is 5.15. The Kier molecular flexibility index (Phi) is 7.43. The second kappa shape index (κ2) is 9.33. The second-order valence-corrected chi connectivity index (χ2v) is 6.74. The minimum atomic E-state index is 0.326. The highest BCUT2D eigenvalue weighted by atomic mass is 79.9. The van der Waals surface area contributed by atoms with Gasteiger partial charge in [-0.15, -0.1) is 6.58 Å². The Labute approximate surface area is 160 Å². The lowest BCUT2D eigenvalue weighted by Crippen LogP contribution is -2.13. The van der Waals surface area contributed by atoms with E-state index in [1.165, 1.54) is 0 Å². The average Bonchev–Trinajstić information content (AvgIpc) is 2.56. The third-order valence-corrected chi connectivity index (χ3v) is 4.66. The Morgan fingerprint density at radius 1 is 1.17 bits per heavy atom. The summed E-state index contributed by atoms with van der Waals surface area (Å²) in [6.45, 7) is 5.45. The molecule has 24 heavy (non-hydrogen) atoms. The van der Waals surface area contributed by atoms with Gasteiger partial charge in [-0.25, -0.2) is 0 Å². The topological polar surface area (TPSA) is 30.5 Å². The Morgan fingerprint density at radius 3 is 2.62 bits per heavy atom. The summed E-state index contributed by atoms with van der Waals surface area (Å²) in [6, 6.07) is 9.17. The molecule has 0 aliphatic rings. The molecule has 1 N–H and O–H groups in total. The number of hydrogen-bond acceptors (Lipinski definition) is 3. The largest absolute Gasteiger partial charge is 0.493 e. The fourth-order valence-electron chi connectivity index (χ4n) is 2.09. The van der Waals surface area contributed by atoms with Crippen LogP contribution in [0.2, 0.25) is 10.0 Å². The van der Waals surface area contributed by atoms with E-state index in [0.717, 1.165) is 22.1 Å². The Balaban J connectivity index is 2.14. The molecule has 2 rings (SSSR count). The molecule has 0 aliphatic heterocycles. The van der Waals surface area contributed by atoms with E-state index >= 15 is 0 Å². The molecular formula is C18H18BrCl2NO2. The first-order chi connectivity index (χ1) is 11.5. The molecular weight excluding hydrogens is 413 g/mol. The van der Waals surface area contributed by atoms with Crippen molar-refractivity contribution >= 4 is 39.1 Å². The molecule has 0 spiro atoms. The first-order valence-electron chi connectivity index (χ1n) is 7.30. The van der Waals surface area contributed by atoms with E-state index in [0.29, 0.717) is 34.7 Å². The van der Waals surface area contributed by atoms with Gasteiger partial charge in [0.15, 0.2) is 11.5 Å². The zero-order valence-corrected chi connectivity index (χ0v) is 16.3. The van der Waals surface area contributed by atoms with Crippen LogP contribution in [0.1, 0.15) is 11.1 Å². The van der Waals surface area contributed by atoms with Crippen LogP contribution in [0.15, 0.2) is 47.5 Å². The number of halogens is 3. The van der Waals surface area contributed by atoms with Crippen molar-refractivity contribution in [2.75, 3.05) is 13.7 Å². The Bertz CT molecular complexity index is 722. The Hall–Kier alpha value is -1.20. The quantitative estimate of drug-likeness (QED) is 0.435. The highest BCUT2D eigenvalue weighted by Crippen LogP contribution is 2.34. The number of nitrogens with one attached hydrogen (secondary N) is 1. The van der Waals surface area contributed by atoms with E-state index in [1.807, 2.05) is 24.3 Å². The average molecular weight is 431 g/mol. The molecule has 2 aromatic rings. The summed E-state index contributed by atoms with van der Waals surface area (Å²) in [7, 11) is 1.62. The predicted octanol–water partition coefficient (Wildman–Crippen LogP) is 5.62. The number of hydrogen-bond donors (Lipinski definition) is 1. The van der Waals surface area contributed by atoms with Crippen LogP contribution < -0.4 is 14.8 Å². The second-order valence-electron chi connectivity index (χ2n) is 5.04. The highest BCUT2D eigenvalue weighted by Gasteiger charge is 2.11. The van der Waals surface area contributed by atoms with Crippen LogP contribution in [-0.2, 0) is 13.2 Å². The molecule has 0 aromatic heterocycles. The van der Waals surface area contributed by atoms with Gasteiger partial charge in [0, 0.05) is 33.2 Å². The standard InChI is InChI=1S/C18H18BrCl2NO2/c1-3-6-22-10-13-7-17(23-2)18(9-15(13)19)24-11-12-4-5-14(20)8-16(12)21/h3-5,7-9,22H,1,6,10-11H2,2H3. The van der Waals surface area contributed by atoms with Crippen LogP contribution in [0.25, 0.3) is 0 Å². The van der Waals surface area contributed by atoms with Crippen molar-refractivity contribution in [3.63, 3.8) is 0 Å². The Morgan fingerprint density at radius 2 is 1.96 bits per heavy atom. The predicted molar refractivity (Wildman–Crippen MR) is 103 cm³/mol. The van der Waals surface area contributed by atoms with Crippen molar-refractivity contribution in [2.24, 2.45) is 0 Å². The van der Waals surface area contributed by atoms with E-state index in [4.69, 9.17) is 32.7 Å². The maximum absolute atomic E-state index is 6.18. The van der Waals surface area contributed by atoms with Crippen LogP contribution >= 0.6 is 39.1 Å². The normalized spacial score (nSPS) is 10.5. The first kappa shape index (κ1) is 19.1. The maximum Gasteiger partial charge on any atom is 0.162 e. The fourth-order valence-corrected chi connectivity index (χ4v) is 3.01. The van der Waals surface area contributed by atoms with Crippen molar-refractivity contribution in [3.8, 4) is 11.5 Å². The minimum Gasteiger partial charge on any atom is -0.493 e. The molecule has 0 saturated heterocycles. The number of rotatable bonds is 8. The summed E-state index contributed by atoms with van der Waals surface area (Å²) in [5, 5.41) is 4.43. The van der Waals surface area contributed by atoms with E-state index in [-0.39, 0.29) is 0 Å². The molecule has 0 fully saturated rings. The van der Waals surface area contributed by atoms with Gasteiger partial charge in [0.05, 0.1) is 7.11 Å². The van der Waals surface area contributed by atoms with Gasteiger partial charge >= 0.3 is 0 Å². The molecule has 0 unspecified atom stereocenters. The molecule has 0 amide bonds. The molecule has 0 aliphatic carbocycles. The molecule has 2 aromatic carbocycles. The molecule has 128 valence electrons. The molecule has 6 heteroatoms. The van der Waals surface area contributed by atoms with Crippen molar-refractivity contribution in [1.29, 1.82) is 0 Å². The summed E-state index contributed by atoms with van der Waals surface area (Å²) in [6.07, 6.45) is 1.82. The molecule has 0 radical (unpaired) electrons. The van der Waals surface area contributed by atoms with E-state index in [2.05, 4.69) is 27.8 Å². The van der Waals surface area contributed by atoms with Gasteiger partial charge in [-0.2, -0.15) is 0 Å². The molecule has 0 saturated carbocycles. The SMILES string of the molecule is C=CCNCc1cc(OC)c(OCc2ccc(Cl)cc2Cl)cc1Br. The number of benzene rings is 2. The molecule has 3 nitrogen and oxygen atoms in total. The summed E-state index contributed by atoms with van der Waals surface area (Å²) < 4.78 is 12.3. The highest BCUT2D eigenvalue weighted by molar-refractivity contribution is 9.10. The lowest BCUT2D eigenvalue weighted by Gasteiger charge is -2.15. The summed E-state index contributed by atoms with van der Waals surface area (Å²) in [5.74, 6) is 1.31. The van der Waals surface area contributed by atoms with Crippen molar-refractivity contribution in [2.45, 2.75) is 13.2 Å². The zero-order valence-electron chi connectivity index (χ0n) is 13.2. The number of methoxy groups -OCH3 is 1. The lowest BCUT2D eigenvalue weighted by molar-refractivity contribution is 0.284. The van der Waals surface area contributed by atoms with Crippen LogP contribution in [0.3, 0.4) is 0 Å². The summed E-state index contributed by atoms with van der Waals surface area (Å²) in [4.78, 5) is 0. The van der Waals surface area contributed by atoms with Gasteiger partial charge in [-0.05, 0) is 29.8 Å². The van der Waals surface area contributed by atoms with Gasteiger partial charge in [0.1, 0.15) is 6.61 Å². The fraction of sp³-hybridized carbons (Fsp3) is 0.222. The van der Waals surface area contributed by atoms with Gasteiger partial charge in [-0.3, -0.25) is 0 Å². The summed E-state index contributed by atoms with van der Waals surface area (Å²) >= 11 is 15.7. The van der Waals surface area contributed by atoms with Crippen LogP contribution in [0.4, 0.5) is 0 Å². The lowest BCUT2D eigenvalue weighted by atomic mass is 10.2. The van der Waals surface area contributed by atoms with Gasteiger partial charge in [-0.1, -0.05) is 51.3 Å². The van der Waals surface area contributed by atoms with Crippen LogP contribution in [0.5, 0.6) is 11.5 Å². The smallest absolute Gasteiger partial charge is 0.162 e. The monoisotopic (exact) mass is 429 g/mol.